The van der Waals surface area contributed by atoms with E-state index < -0.39 is 10.9 Å². The van der Waals surface area contributed by atoms with Crippen LogP contribution in [0.15, 0.2) is 18.2 Å². The lowest BCUT2D eigenvalue weighted by atomic mass is 10.1. The van der Waals surface area contributed by atoms with Crippen molar-refractivity contribution >= 4 is 11.7 Å². The Morgan fingerprint density at radius 3 is 2.81 bits per heavy atom. The third-order valence-corrected chi connectivity index (χ3v) is 3.75. The molecule has 0 radical (unpaired) electrons. The minimum Gasteiger partial charge on any atom is -0.476 e. The molecule has 1 N–H and O–H groups in total. The summed E-state index contributed by atoms with van der Waals surface area (Å²) in [4.78, 5) is 21.7. The van der Waals surface area contributed by atoms with Crippen molar-refractivity contribution in [1.82, 2.24) is 9.78 Å². The van der Waals surface area contributed by atoms with Crippen molar-refractivity contribution in [3.8, 4) is 5.69 Å². The number of hydrogen-bond acceptors (Lipinski definition) is 4. The zero-order valence-corrected chi connectivity index (χ0v) is 11.4. The van der Waals surface area contributed by atoms with Crippen LogP contribution in [0.5, 0.6) is 0 Å². The molecule has 1 aliphatic rings. The standard InChI is InChI=1S/C14H13N3O4/c1-8-7-9(5-6-11(8)17(20)21)16-12-4-2-3-10(12)13(15-16)14(18)19/h5-7H,2-4H2,1H3,(H,18,19). The normalized spacial score (nSPS) is 13.2. The fourth-order valence-electron chi connectivity index (χ4n) is 2.80. The summed E-state index contributed by atoms with van der Waals surface area (Å²) in [6.07, 6.45) is 2.38. The van der Waals surface area contributed by atoms with Gasteiger partial charge in [-0.3, -0.25) is 10.1 Å². The number of aryl methyl sites for hydroxylation is 1. The number of nitro groups is 1. The van der Waals surface area contributed by atoms with E-state index in [1.807, 2.05) is 0 Å². The highest BCUT2D eigenvalue weighted by Gasteiger charge is 2.27. The average Bonchev–Trinajstić information content (AvgIpc) is 2.98. The Bertz CT molecular complexity index is 764. The van der Waals surface area contributed by atoms with Gasteiger partial charge in [0.1, 0.15) is 0 Å². The molecule has 1 aliphatic carbocycles. The molecule has 0 fully saturated rings. The molecule has 1 aromatic carbocycles. The third kappa shape index (κ3) is 2.06. The van der Waals surface area contributed by atoms with Crippen molar-refractivity contribution in [3.05, 3.63) is 50.8 Å². The molecular formula is C14H13N3O4. The molecule has 0 atom stereocenters. The van der Waals surface area contributed by atoms with Crippen molar-refractivity contribution in [3.63, 3.8) is 0 Å². The van der Waals surface area contributed by atoms with Gasteiger partial charge in [-0.25, -0.2) is 9.48 Å². The predicted molar refractivity (Wildman–Crippen MR) is 73.9 cm³/mol. The number of aromatic nitrogens is 2. The molecule has 108 valence electrons. The number of carboxylic acid groups (broad SMARTS) is 1. The molecule has 0 saturated carbocycles. The van der Waals surface area contributed by atoms with Gasteiger partial charge in [-0.05, 0) is 38.3 Å². The topological polar surface area (TPSA) is 98.3 Å². The SMILES string of the molecule is Cc1cc(-n2nc(C(=O)O)c3c2CCC3)ccc1[N+](=O)[O-]. The molecule has 0 saturated heterocycles. The van der Waals surface area contributed by atoms with Crippen molar-refractivity contribution in [2.45, 2.75) is 26.2 Å². The smallest absolute Gasteiger partial charge is 0.356 e. The molecule has 1 heterocycles. The number of benzene rings is 1. The summed E-state index contributed by atoms with van der Waals surface area (Å²) in [5.41, 5.74) is 2.97. The minimum absolute atomic E-state index is 0.0426. The molecule has 0 spiro atoms. The molecule has 0 aliphatic heterocycles. The van der Waals surface area contributed by atoms with Gasteiger partial charge in [-0.2, -0.15) is 5.10 Å². The first kappa shape index (κ1) is 13.3. The van der Waals surface area contributed by atoms with Gasteiger partial charge >= 0.3 is 5.97 Å². The summed E-state index contributed by atoms with van der Waals surface area (Å²) in [5, 5.41) is 24.2. The molecule has 0 amide bonds. The molecular weight excluding hydrogens is 274 g/mol. The van der Waals surface area contributed by atoms with Gasteiger partial charge in [-0.1, -0.05) is 0 Å². The molecule has 0 bridgehead atoms. The number of aromatic carboxylic acids is 1. The van der Waals surface area contributed by atoms with E-state index in [0.717, 1.165) is 24.1 Å². The molecule has 2 aromatic rings. The Balaban J connectivity index is 2.13. The number of nitrogens with zero attached hydrogens (tertiary/aromatic N) is 3. The van der Waals surface area contributed by atoms with Gasteiger partial charge in [0.05, 0.1) is 10.6 Å². The lowest BCUT2D eigenvalue weighted by Gasteiger charge is -2.06. The third-order valence-electron chi connectivity index (χ3n) is 3.75. The summed E-state index contributed by atoms with van der Waals surface area (Å²) in [6, 6.07) is 4.69. The Labute approximate surface area is 120 Å². The first-order valence-electron chi connectivity index (χ1n) is 6.58. The van der Waals surface area contributed by atoms with Crippen LogP contribution in [0.4, 0.5) is 5.69 Å². The highest BCUT2D eigenvalue weighted by atomic mass is 16.6. The fourth-order valence-corrected chi connectivity index (χ4v) is 2.80. The van der Waals surface area contributed by atoms with Gasteiger partial charge in [-0.15, -0.1) is 0 Å². The van der Waals surface area contributed by atoms with Gasteiger partial charge in [0.15, 0.2) is 5.69 Å². The van der Waals surface area contributed by atoms with Gasteiger partial charge in [0.25, 0.3) is 5.69 Å². The Morgan fingerprint density at radius 2 is 2.19 bits per heavy atom. The molecule has 0 unspecified atom stereocenters. The maximum Gasteiger partial charge on any atom is 0.356 e. The van der Waals surface area contributed by atoms with Crippen LogP contribution in [-0.2, 0) is 12.8 Å². The zero-order chi connectivity index (χ0) is 15.1. The lowest BCUT2D eigenvalue weighted by molar-refractivity contribution is -0.385. The van der Waals surface area contributed by atoms with Gasteiger partial charge < -0.3 is 5.11 Å². The van der Waals surface area contributed by atoms with Crippen LogP contribution in [0.25, 0.3) is 5.69 Å². The number of fused-ring (bicyclic) bond motifs is 1. The van der Waals surface area contributed by atoms with E-state index in [1.165, 1.54) is 6.07 Å². The average molecular weight is 287 g/mol. The molecule has 7 nitrogen and oxygen atoms in total. The summed E-state index contributed by atoms with van der Waals surface area (Å²) in [7, 11) is 0. The van der Waals surface area contributed by atoms with Crippen LogP contribution in [0.1, 0.15) is 33.7 Å². The van der Waals surface area contributed by atoms with Crippen LogP contribution < -0.4 is 0 Å². The Kier molecular flexibility index (Phi) is 2.97. The summed E-state index contributed by atoms with van der Waals surface area (Å²) in [5.74, 6) is -1.04. The van der Waals surface area contributed by atoms with Crippen LogP contribution in [0.2, 0.25) is 0 Å². The predicted octanol–water partition coefficient (Wildman–Crippen LogP) is 2.28. The van der Waals surface area contributed by atoms with Crippen molar-refractivity contribution < 1.29 is 14.8 Å². The first-order valence-corrected chi connectivity index (χ1v) is 6.58. The van der Waals surface area contributed by atoms with Crippen molar-refractivity contribution in [2.24, 2.45) is 0 Å². The minimum atomic E-state index is -1.04. The molecule has 1 aromatic heterocycles. The fraction of sp³-hybridized carbons (Fsp3) is 0.286. The van der Waals surface area contributed by atoms with Gasteiger partial charge in [0.2, 0.25) is 0 Å². The Morgan fingerprint density at radius 1 is 1.43 bits per heavy atom. The molecule has 21 heavy (non-hydrogen) atoms. The van der Waals surface area contributed by atoms with Crippen LogP contribution in [-0.4, -0.2) is 25.8 Å². The highest BCUT2D eigenvalue weighted by Crippen LogP contribution is 2.29. The maximum absolute atomic E-state index is 11.3. The van der Waals surface area contributed by atoms with Gasteiger partial charge in [0, 0.05) is 22.9 Å². The lowest BCUT2D eigenvalue weighted by Crippen LogP contribution is -2.05. The number of carboxylic acids is 1. The van der Waals surface area contributed by atoms with E-state index >= 15 is 0 Å². The number of rotatable bonds is 3. The highest BCUT2D eigenvalue weighted by molar-refractivity contribution is 5.87. The number of nitro benzene ring substituents is 1. The second kappa shape index (κ2) is 4.69. The summed E-state index contributed by atoms with van der Waals surface area (Å²) >= 11 is 0. The van der Waals surface area contributed by atoms with Crippen molar-refractivity contribution in [2.75, 3.05) is 0 Å². The van der Waals surface area contributed by atoms with Crippen LogP contribution in [0.3, 0.4) is 0 Å². The van der Waals surface area contributed by atoms with Crippen molar-refractivity contribution in [1.29, 1.82) is 0 Å². The molecule has 7 heteroatoms. The summed E-state index contributed by atoms with van der Waals surface area (Å²) in [6.45, 7) is 1.66. The quantitative estimate of drug-likeness (QED) is 0.689. The zero-order valence-electron chi connectivity index (χ0n) is 11.4. The number of hydrogen-bond donors (Lipinski definition) is 1. The monoisotopic (exact) mass is 287 g/mol. The van der Waals surface area contributed by atoms with E-state index in [9.17, 15) is 20.0 Å². The van der Waals surface area contributed by atoms with E-state index in [2.05, 4.69) is 5.10 Å². The summed E-state index contributed by atoms with van der Waals surface area (Å²) < 4.78 is 1.60. The van der Waals surface area contributed by atoms with Crippen LogP contribution >= 0.6 is 0 Å². The van der Waals surface area contributed by atoms with E-state index in [-0.39, 0.29) is 11.4 Å². The van der Waals surface area contributed by atoms with E-state index in [4.69, 9.17) is 0 Å². The second-order valence-electron chi connectivity index (χ2n) is 5.07. The van der Waals surface area contributed by atoms with E-state index in [0.29, 0.717) is 17.7 Å². The maximum atomic E-state index is 11.3. The second-order valence-corrected chi connectivity index (χ2v) is 5.07. The van der Waals surface area contributed by atoms with Crippen LogP contribution in [0, 0.1) is 17.0 Å². The first-order chi connectivity index (χ1) is 9.99. The number of carbonyl (C=O) groups is 1. The van der Waals surface area contributed by atoms with E-state index in [1.54, 1.807) is 23.7 Å². The molecule has 3 rings (SSSR count). The largest absolute Gasteiger partial charge is 0.476 e. The Hall–Kier alpha value is -2.70.